The average molecular weight is 294 g/mol. The molecule has 2 rings (SSSR count). The first-order valence-corrected chi connectivity index (χ1v) is 7.64. The summed E-state index contributed by atoms with van der Waals surface area (Å²) in [5.41, 5.74) is 0. The summed E-state index contributed by atoms with van der Waals surface area (Å²) in [6.45, 7) is 5.15. The van der Waals surface area contributed by atoms with E-state index in [0.29, 0.717) is 19.6 Å². The van der Waals surface area contributed by atoms with Gasteiger partial charge in [0.25, 0.3) is 0 Å². The maximum Gasteiger partial charge on any atom is 0.393 e. The molecule has 0 aromatic heterocycles. The average Bonchev–Trinajstić information content (AvgIpc) is 2.45. The summed E-state index contributed by atoms with van der Waals surface area (Å²) in [6.07, 6.45) is -1.25. The molecule has 0 aromatic rings. The van der Waals surface area contributed by atoms with Crippen molar-refractivity contribution < 1.29 is 17.9 Å². The molecule has 118 valence electrons. The largest absolute Gasteiger partial charge is 0.393 e. The first kappa shape index (κ1) is 16.0. The summed E-state index contributed by atoms with van der Waals surface area (Å²) >= 11 is 0. The van der Waals surface area contributed by atoms with E-state index >= 15 is 0 Å². The first-order valence-electron chi connectivity index (χ1n) is 7.64. The van der Waals surface area contributed by atoms with Gasteiger partial charge >= 0.3 is 6.18 Å². The number of halogens is 3. The van der Waals surface area contributed by atoms with Gasteiger partial charge in [-0.15, -0.1) is 0 Å². The molecule has 3 unspecified atom stereocenters. The van der Waals surface area contributed by atoms with Crippen LogP contribution in [0.5, 0.6) is 0 Å². The van der Waals surface area contributed by atoms with Gasteiger partial charge in [-0.1, -0.05) is 6.92 Å². The molecule has 0 bridgehead atoms. The molecule has 0 aliphatic carbocycles. The zero-order valence-corrected chi connectivity index (χ0v) is 12.1. The van der Waals surface area contributed by atoms with Gasteiger partial charge in [0.2, 0.25) is 0 Å². The van der Waals surface area contributed by atoms with Crippen molar-refractivity contribution in [1.82, 2.24) is 10.2 Å². The summed E-state index contributed by atoms with van der Waals surface area (Å²) in [5.74, 6) is -1.18. The van der Waals surface area contributed by atoms with Crippen molar-refractivity contribution in [3.8, 4) is 0 Å². The van der Waals surface area contributed by atoms with E-state index in [4.69, 9.17) is 4.74 Å². The molecule has 0 aromatic carbocycles. The van der Waals surface area contributed by atoms with Crippen LogP contribution in [-0.4, -0.2) is 56.0 Å². The smallest absolute Gasteiger partial charge is 0.380 e. The summed E-state index contributed by atoms with van der Waals surface area (Å²) in [5, 5.41) is 3.47. The molecule has 2 aliphatic rings. The number of nitrogens with one attached hydrogen (secondary N) is 1. The number of nitrogens with zero attached hydrogens (tertiary/aromatic N) is 1. The molecule has 20 heavy (non-hydrogen) atoms. The van der Waals surface area contributed by atoms with Crippen LogP contribution in [0.25, 0.3) is 0 Å². The van der Waals surface area contributed by atoms with Crippen LogP contribution in [0, 0.1) is 5.92 Å². The predicted molar refractivity (Wildman–Crippen MR) is 71.7 cm³/mol. The van der Waals surface area contributed by atoms with Crippen molar-refractivity contribution in [1.29, 1.82) is 0 Å². The van der Waals surface area contributed by atoms with E-state index < -0.39 is 12.1 Å². The number of likely N-dealkylation sites (tertiary alicyclic amines) is 1. The van der Waals surface area contributed by atoms with Gasteiger partial charge in [-0.3, -0.25) is 4.90 Å². The Morgan fingerprint density at radius 3 is 2.80 bits per heavy atom. The second-order valence-electron chi connectivity index (χ2n) is 5.87. The van der Waals surface area contributed by atoms with Crippen LogP contribution in [-0.2, 0) is 4.74 Å². The monoisotopic (exact) mass is 294 g/mol. The lowest BCUT2D eigenvalue weighted by Crippen LogP contribution is -2.58. The van der Waals surface area contributed by atoms with Crippen LogP contribution >= 0.6 is 0 Å². The Labute approximate surface area is 118 Å². The molecule has 6 heteroatoms. The third-order valence-corrected chi connectivity index (χ3v) is 4.37. The molecule has 0 saturated carbocycles. The zero-order chi connectivity index (χ0) is 14.6. The standard InChI is InChI=1S/C14H25F3N2O/c1-2-6-18-12-5-8-20-10-13(12)19-7-3-4-11(9-19)14(15,16)17/h11-13,18H,2-10H2,1H3. The Morgan fingerprint density at radius 1 is 1.30 bits per heavy atom. The highest BCUT2D eigenvalue weighted by Crippen LogP contribution is 2.34. The van der Waals surface area contributed by atoms with Crippen LogP contribution in [0.2, 0.25) is 0 Å². The van der Waals surface area contributed by atoms with Gasteiger partial charge in [0.1, 0.15) is 0 Å². The Bertz CT molecular complexity index is 299. The summed E-state index contributed by atoms with van der Waals surface area (Å²) in [7, 11) is 0. The van der Waals surface area contributed by atoms with Gasteiger partial charge in [-0.05, 0) is 38.8 Å². The fraction of sp³-hybridized carbons (Fsp3) is 1.00. The third-order valence-electron chi connectivity index (χ3n) is 4.37. The molecule has 2 fully saturated rings. The van der Waals surface area contributed by atoms with Crippen LogP contribution in [0.4, 0.5) is 13.2 Å². The topological polar surface area (TPSA) is 24.5 Å². The summed E-state index contributed by atoms with van der Waals surface area (Å²) in [6, 6.07) is 0.344. The van der Waals surface area contributed by atoms with E-state index in [1.807, 2.05) is 4.90 Å². The highest BCUT2D eigenvalue weighted by atomic mass is 19.4. The van der Waals surface area contributed by atoms with Crippen LogP contribution in [0.15, 0.2) is 0 Å². The first-order chi connectivity index (χ1) is 9.52. The van der Waals surface area contributed by atoms with Crippen molar-refractivity contribution in [3.63, 3.8) is 0 Å². The highest BCUT2D eigenvalue weighted by Gasteiger charge is 2.44. The minimum absolute atomic E-state index is 0.0837. The summed E-state index contributed by atoms with van der Waals surface area (Å²) < 4.78 is 44.2. The fourth-order valence-electron chi connectivity index (χ4n) is 3.23. The molecule has 2 aliphatic heterocycles. The predicted octanol–water partition coefficient (Wildman–Crippen LogP) is 2.42. The molecular formula is C14H25F3N2O. The minimum atomic E-state index is -4.07. The minimum Gasteiger partial charge on any atom is -0.380 e. The van der Waals surface area contributed by atoms with Crippen molar-refractivity contribution in [3.05, 3.63) is 0 Å². The molecule has 3 atom stereocenters. The molecule has 0 amide bonds. The lowest BCUT2D eigenvalue weighted by atomic mass is 9.93. The Kier molecular flexibility index (Phi) is 5.69. The Morgan fingerprint density at radius 2 is 2.10 bits per heavy atom. The number of hydrogen-bond acceptors (Lipinski definition) is 3. The lowest BCUT2D eigenvalue weighted by Gasteiger charge is -2.44. The number of alkyl halides is 3. The third kappa shape index (κ3) is 4.09. The van der Waals surface area contributed by atoms with Gasteiger partial charge in [0.05, 0.1) is 12.5 Å². The van der Waals surface area contributed by atoms with Gasteiger partial charge in [0.15, 0.2) is 0 Å². The fourth-order valence-corrected chi connectivity index (χ4v) is 3.23. The second-order valence-corrected chi connectivity index (χ2v) is 5.87. The van der Waals surface area contributed by atoms with Crippen LogP contribution in [0.1, 0.15) is 32.6 Å². The highest BCUT2D eigenvalue weighted by molar-refractivity contribution is 4.91. The van der Waals surface area contributed by atoms with Crippen LogP contribution in [0.3, 0.4) is 0 Å². The van der Waals surface area contributed by atoms with Gasteiger partial charge in [0, 0.05) is 25.2 Å². The van der Waals surface area contributed by atoms with E-state index in [1.165, 1.54) is 0 Å². The van der Waals surface area contributed by atoms with Crippen molar-refractivity contribution in [2.45, 2.75) is 50.9 Å². The van der Waals surface area contributed by atoms with Gasteiger partial charge in [-0.2, -0.15) is 13.2 Å². The van der Waals surface area contributed by atoms with E-state index in [1.54, 1.807) is 0 Å². The summed E-state index contributed by atoms with van der Waals surface area (Å²) in [4.78, 5) is 1.99. The van der Waals surface area contributed by atoms with E-state index in [2.05, 4.69) is 12.2 Å². The van der Waals surface area contributed by atoms with E-state index in [9.17, 15) is 13.2 Å². The maximum absolute atomic E-state index is 12.9. The maximum atomic E-state index is 12.9. The Balaban J connectivity index is 1.96. The van der Waals surface area contributed by atoms with Gasteiger partial charge < -0.3 is 10.1 Å². The lowest BCUT2D eigenvalue weighted by molar-refractivity contribution is -0.191. The molecule has 1 N–H and O–H groups in total. The second kappa shape index (κ2) is 7.09. The van der Waals surface area contributed by atoms with Crippen molar-refractivity contribution >= 4 is 0 Å². The van der Waals surface area contributed by atoms with E-state index in [-0.39, 0.29) is 25.0 Å². The van der Waals surface area contributed by atoms with Crippen LogP contribution < -0.4 is 5.32 Å². The number of ether oxygens (including phenoxy) is 1. The quantitative estimate of drug-likeness (QED) is 0.862. The molecule has 3 nitrogen and oxygen atoms in total. The number of hydrogen-bond donors (Lipinski definition) is 1. The molecule has 0 radical (unpaired) electrons. The molecule has 2 saturated heterocycles. The molecule has 0 spiro atoms. The van der Waals surface area contributed by atoms with Crippen molar-refractivity contribution in [2.24, 2.45) is 5.92 Å². The van der Waals surface area contributed by atoms with E-state index in [0.717, 1.165) is 25.9 Å². The van der Waals surface area contributed by atoms with Crippen molar-refractivity contribution in [2.75, 3.05) is 32.8 Å². The SMILES string of the molecule is CCCNC1CCOCC1N1CCCC(C(F)(F)F)C1. The number of piperidine rings is 1. The molecule has 2 heterocycles. The normalized spacial score (nSPS) is 33.3. The zero-order valence-electron chi connectivity index (χ0n) is 12.1. The number of rotatable bonds is 4. The Hall–Kier alpha value is -0.330. The van der Waals surface area contributed by atoms with Gasteiger partial charge in [-0.25, -0.2) is 0 Å². The molecular weight excluding hydrogens is 269 g/mol.